The van der Waals surface area contributed by atoms with Crippen molar-refractivity contribution in [1.29, 1.82) is 0 Å². The minimum atomic E-state index is -0.0666. The number of aromatic nitrogens is 3. The zero-order valence-electron chi connectivity index (χ0n) is 13.3. The van der Waals surface area contributed by atoms with Gasteiger partial charge in [0, 0.05) is 27.0 Å². The van der Waals surface area contributed by atoms with E-state index >= 15 is 0 Å². The van der Waals surface area contributed by atoms with Gasteiger partial charge < -0.3 is 9.97 Å². The van der Waals surface area contributed by atoms with E-state index in [-0.39, 0.29) is 5.56 Å². The van der Waals surface area contributed by atoms with Gasteiger partial charge in [0.05, 0.1) is 5.39 Å². The number of nitrogens with one attached hydrogen (secondary N) is 2. The minimum absolute atomic E-state index is 0.0666. The Morgan fingerprint density at radius 3 is 2.74 bits per heavy atom. The van der Waals surface area contributed by atoms with Crippen LogP contribution in [0.3, 0.4) is 0 Å². The van der Waals surface area contributed by atoms with Gasteiger partial charge in [-0.2, -0.15) is 0 Å². The normalized spacial score (nSPS) is 11.6. The molecule has 4 aromatic rings. The lowest BCUT2D eigenvalue weighted by atomic mass is 10.1. The Labute approximate surface area is 137 Å². The highest BCUT2D eigenvalue weighted by Gasteiger charge is 2.11. The molecule has 0 bridgehead atoms. The van der Waals surface area contributed by atoms with Crippen molar-refractivity contribution in [3.8, 4) is 11.4 Å². The summed E-state index contributed by atoms with van der Waals surface area (Å²) in [5, 5.41) is 1.86. The first-order chi connectivity index (χ1) is 11.1. The highest BCUT2D eigenvalue weighted by molar-refractivity contribution is 7.18. The highest BCUT2D eigenvalue weighted by atomic mass is 32.1. The zero-order chi connectivity index (χ0) is 16.1. The summed E-state index contributed by atoms with van der Waals surface area (Å²) >= 11 is 1.59. The van der Waals surface area contributed by atoms with Crippen LogP contribution in [0.5, 0.6) is 0 Å². The number of thiophene rings is 1. The fraction of sp³-hybridized carbons (Fsp3) is 0.222. The maximum Gasteiger partial charge on any atom is 0.259 e. The van der Waals surface area contributed by atoms with Gasteiger partial charge in [0.25, 0.3) is 5.56 Å². The molecule has 0 aliphatic rings. The van der Waals surface area contributed by atoms with Gasteiger partial charge in [0.2, 0.25) is 0 Å². The van der Waals surface area contributed by atoms with Crippen LogP contribution in [0, 0.1) is 13.8 Å². The zero-order valence-corrected chi connectivity index (χ0v) is 14.1. The predicted molar refractivity (Wildman–Crippen MR) is 96.4 cm³/mol. The monoisotopic (exact) mass is 323 g/mol. The number of fused-ring (bicyclic) bond motifs is 2. The van der Waals surface area contributed by atoms with Crippen LogP contribution in [0.1, 0.15) is 23.1 Å². The summed E-state index contributed by atoms with van der Waals surface area (Å²) in [5.41, 5.74) is 4.37. The van der Waals surface area contributed by atoms with Gasteiger partial charge in [-0.25, -0.2) is 4.98 Å². The fourth-order valence-electron chi connectivity index (χ4n) is 2.90. The number of H-pyrrole nitrogens is 2. The molecule has 1 aromatic carbocycles. The Morgan fingerprint density at radius 2 is 1.96 bits per heavy atom. The molecule has 0 aliphatic heterocycles. The van der Waals surface area contributed by atoms with E-state index in [1.54, 1.807) is 11.3 Å². The van der Waals surface area contributed by atoms with Crippen LogP contribution in [0.15, 0.2) is 29.1 Å². The van der Waals surface area contributed by atoms with Crippen molar-refractivity contribution in [2.24, 2.45) is 0 Å². The Balaban J connectivity index is 1.94. The first-order valence-corrected chi connectivity index (χ1v) is 8.50. The van der Waals surface area contributed by atoms with Crippen molar-refractivity contribution >= 4 is 32.5 Å². The molecule has 116 valence electrons. The number of nitrogens with zero attached hydrogens (tertiary/aromatic N) is 1. The minimum Gasteiger partial charge on any atom is -0.358 e. The summed E-state index contributed by atoms with van der Waals surface area (Å²) in [6.07, 6.45) is 0.920. The number of rotatable bonds is 2. The molecule has 0 amide bonds. The number of aromatic amines is 2. The van der Waals surface area contributed by atoms with E-state index in [1.165, 1.54) is 21.5 Å². The molecule has 0 aliphatic carbocycles. The molecule has 0 radical (unpaired) electrons. The molecule has 0 spiro atoms. The van der Waals surface area contributed by atoms with Crippen LogP contribution in [-0.4, -0.2) is 15.0 Å². The molecule has 0 unspecified atom stereocenters. The lowest BCUT2D eigenvalue weighted by molar-refractivity contribution is 1.18. The van der Waals surface area contributed by atoms with Gasteiger partial charge in [0.1, 0.15) is 10.7 Å². The second kappa shape index (κ2) is 5.06. The molecule has 5 heteroatoms. The first kappa shape index (κ1) is 14.2. The molecule has 0 saturated heterocycles. The lowest BCUT2D eigenvalue weighted by Gasteiger charge is -2.02. The van der Waals surface area contributed by atoms with E-state index < -0.39 is 0 Å². The third-order valence-corrected chi connectivity index (χ3v) is 5.56. The fourth-order valence-corrected chi connectivity index (χ4v) is 3.87. The number of hydrogen-bond donors (Lipinski definition) is 2. The van der Waals surface area contributed by atoms with E-state index in [4.69, 9.17) is 0 Å². The van der Waals surface area contributed by atoms with Crippen LogP contribution in [0.4, 0.5) is 0 Å². The van der Waals surface area contributed by atoms with Gasteiger partial charge in [-0.3, -0.25) is 4.79 Å². The van der Waals surface area contributed by atoms with Crippen molar-refractivity contribution in [3.63, 3.8) is 0 Å². The number of hydrogen-bond acceptors (Lipinski definition) is 3. The summed E-state index contributed by atoms with van der Waals surface area (Å²) in [7, 11) is 0. The predicted octanol–water partition coefficient (Wildman–Crippen LogP) is 4.31. The van der Waals surface area contributed by atoms with Crippen molar-refractivity contribution in [3.05, 3.63) is 50.8 Å². The molecule has 0 saturated carbocycles. The molecular formula is C18H17N3OS. The molecule has 4 nitrogen and oxygen atoms in total. The van der Waals surface area contributed by atoms with Crippen LogP contribution in [-0.2, 0) is 6.42 Å². The molecule has 2 N–H and O–H groups in total. The Bertz CT molecular complexity index is 1100. The Hall–Kier alpha value is -2.40. The van der Waals surface area contributed by atoms with Crippen molar-refractivity contribution < 1.29 is 0 Å². The average molecular weight is 323 g/mol. The van der Waals surface area contributed by atoms with Crippen LogP contribution >= 0.6 is 11.3 Å². The van der Waals surface area contributed by atoms with E-state index in [9.17, 15) is 4.79 Å². The largest absolute Gasteiger partial charge is 0.358 e. The van der Waals surface area contributed by atoms with Crippen LogP contribution in [0.2, 0.25) is 0 Å². The van der Waals surface area contributed by atoms with E-state index in [0.29, 0.717) is 11.2 Å². The molecule has 4 rings (SSSR count). The maximum atomic E-state index is 12.3. The summed E-state index contributed by atoms with van der Waals surface area (Å²) in [4.78, 5) is 25.3. The van der Waals surface area contributed by atoms with Crippen molar-refractivity contribution in [2.45, 2.75) is 27.2 Å². The van der Waals surface area contributed by atoms with Crippen molar-refractivity contribution in [2.75, 3.05) is 0 Å². The summed E-state index contributed by atoms with van der Waals surface area (Å²) in [6, 6.07) is 8.07. The van der Waals surface area contributed by atoms with Gasteiger partial charge in [-0.1, -0.05) is 6.92 Å². The molecule has 0 atom stereocenters. The second-order valence-corrected chi connectivity index (χ2v) is 6.95. The third kappa shape index (κ3) is 2.19. The smallest absolute Gasteiger partial charge is 0.259 e. The van der Waals surface area contributed by atoms with E-state index in [2.05, 4.69) is 41.8 Å². The third-order valence-electron chi connectivity index (χ3n) is 4.38. The molecule has 23 heavy (non-hydrogen) atoms. The topological polar surface area (TPSA) is 61.5 Å². The lowest BCUT2D eigenvalue weighted by Crippen LogP contribution is -2.07. The van der Waals surface area contributed by atoms with Gasteiger partial charge in [0.15, 0.2) is 0 Å². The molecular weight excluding hydrogens is 306 g/mol. The number of benzene rings is 1. The second-order valence-electron chi connectivity index (χ2n) is 5.83. The quantitative estimate of drug-likeness (QED) is 0.577. The highest BCUT2D eigenvalue weighted by Crippen LogP contribution is 2.28. The Kier molecular flexibility index (Phi) is 3.13. The van der Waals surface area contributed by atoms with E-state index in [1.807, 2.05) is 18.2 Å². The van der Waals surface area contributed by atoms with Gasteiger partial charge >= 0.3 is 0 Å². The van der Waals surface area contributed by atoms with Gasteiger partial charge in [-0.05, 0) is 50.1 Å². The summed E-state index contributed by atoms with van der Waals surface area (Å²) in [6.45, 7) is 6.26. The average Bonchev–Trinajstić information content (AvgIpc) is 3.09. The molecule has 0 fully saturated rings. The summed E-state index contributed by atoms with van der Waals surface area (Å²) in [5.74, 6) is 0.632. The standard InChI is InChI=1S/C18H17N3OS/c1-4-12-8-14-17(22)20-16(21-18(14)23-12)11-5-6-15-13(7-11)9(2)10(3)19-15/h5-8,19H,4H2,1-3H3,(H,20,21,22). The Morgan fingerprint density at radius 1 is 1.13 bits per heavy atom. The first-order valence-electron chi connectivity index (χ1n) is 7.69. The van der Waals surface area contributed by atoms with Gasteiger partial charge in [-0.15, -0.1) is 11.3 Å². The van der Waals surface area contributed by atoms with Crippen LogP contribution < -0.4 is 5.56 Å². The van der Waals surface area contributed by atoms with Crippen molar-refractivity contribution in [1.82, 2.24) is 15.0 Å². The summed E-state index contributed by atoms with van der Waals surface area (Å²) < 4.78 is 0. The molecule has 3 heterocycles. The molecule has 3 aromatic heterocycles. The van der Waals surface area contributed by atoms with Crippen LogP contribution in [0.25, 0.3) is 32.5 Å². The maximum absolute atomic E-state index is 12.3. The number of aryl methyl sites for hydroxylation is 3. The van der Waals surface area contributed by atoms with E-state index in [0.717, 1.165) is 22.3 Å². The SMILES string of the molecule is CCc1cc2c(=O)[nH]c(-c3ccc4[nH]c(C)c(C)c4c3)nc2s1.